The number of ether oxygens (including phenoxy) is 1. The Balaban J connectivity index is 2.62. The van der Waals surface area contributed by atoms with Crippen molar-refractivity contribution in [2.45, 2.75) is 32.8 Å². The van der Waals surface area contributed by atoms with E-state index in [1.165, 1.54) is 6.07 Å². The lowest BCUT2D eigenvalue weighted by atomic mass is 9.77. The molecule has 1 aliphatic rings. The molecule has 1 heterocycles. The molecule has 23 heavy (non-hydrogen) atoms. The van der Waals surface area contributed by atoms with Gasteiger partial charge in [0.1, 0.15) is 17.6 Å². The molecule has 0 saturated heterocycles. The number of nitriles is 1. The van der Waals surface area contributed by atoms with Crippen LogP contribution < -0.4 is 5.73 Å². The molecule has 0 spiro atoms. The molecule has 0 radical (unpaired) electrons. The molecule has 0 fully saturated rings. The number of benzene rings is 1. The first-order valence-corrected chi connectivity index (χ1v) is 7.26. The fourth-order valence-corrected chi connectivity index (χ4v) is 2.64. The number of halogens is 1. The number of amidine groups is 1. The summed E-state index contributed by atoms with van der Waals surface area (Å²) in [7, 11) is 0. The summed E-state index contributed by atoms with van der Waals surface area (Å²) in [6.45, 7) is 5.04. The van der Waals surface area contributed by atoms with Gasteiger partial charge in [-0.15, -0.1) is 0 Å². The van der Waals surface area contributed by atoms with Gasteiger partial charge in [0.25, 0.3) is 0 Å². The van der Waals surface area contributed by atoms with E-state index >= 15 is 0 Å². The zero-order valence-corrected chi connectivity index (χ0v) is 13.2. The monoisotopic (exact) mass is 315 g/mol. The minimum absolute atomic E-state index is 0.0688. The normalized spacial score (nSPS) is 21.0. The Labute approximate surface area is 134 Å². The molecule has 2 atom stereocenters. The number of aliphatic imine (C=N–C) groups is 1. The number of allylic oxidation sites excluding steroid dienone is 1. The van der Waals surface area contributed by atoms with Crippen LogP contribution in [-0.2, 0) is 9.53 Å². The maximum Gasteiger partial charge on any atom is 0.336 e. The molecule has 2 rings (SSSR count). The minimum atomic E-state index is -0.926. The Bertz CT molecular complexity index is 732. The van der Waals surface area contributed by atoms with Gasteiger partial charge in [-0.2, -0.15) is 5.26 Å². The van der Waals surface area contributed by atoms with Crippen molar-refractivity contribution in [2.75, 3.05) is 0 Å². The lowest BCUT2D eigenvalue weighted by Crippen LogP contribution is -2.35. The maximum absolute atomic E-state index is 14.3. The molecule has 1 aromatic rings. The van der Waals surface area contributed by atoms with Crippen LogP contribution in [0.25, 0.3) is 0 Å². The fourth-order valence-electron chi connectivity index (χ4n) is 2.64. The van der Waals surface area contributed by atoms with Crippen molar-refractivity contribution in [3.05, 3.63) is 46.9 Å². The Morgan fingerprint density at radius 3 is 2.65 bits per heavy atom. The number of esters is 1. The van der Waals surface area contributed by atoms with E-state index in [-0.39, 0.29) is 23.1 Å². The van der Waals surface area contributed by atoms with Crippen molar-refractivity contribution in [3.63, 3.8) is 0 Å². The van der Waals surface area contributed by atoms with Crippen LogP contribution in [0.5, 0.6) is 0 Å². The van der Waals surface area contributed by atoms with Gasteiger partial charge in [-0.25, -0.2) is 14.2 Å². The second kappa shape index (κ2) is 6.61. The van der Waals surface area contributed by atoms with Crippen LogP contribution in [0.3, 0.4) is 0 Å². The van der Waals surface area contributed by atoms with Crippen LogP contribution in [-0.4, -0.2) is 17.9 Å². The van der Waals surface area contributed by atoms with E-state index in [1.54, 1.807) is 39.0 Å². The predicted octanol–water partition coefficient (Wildman–Crippen LogP) is 2.65. The van der Waals surface area contributed by atoms with Gasteiger partial charge in [-0.1, -0.05) is 18.2 Å². The second-order valence-electron chi connectivity index (χ2n) is 5.60. The Kier molecular flexibility index (Phi) is 4.80. The van der Waals surface area contributed by atoms with E-state index in [2.05, 4.69) is 4.99 Å². The highest BCUT2D eigenvalue weighted by Gasteiger charge is 2.39. The van der Waals surface area contributed by atoms with Crippen molar-refractivity contribution in [1.82, 2.24) is 0 Å². The van der Waals surface area contributed by atoms with Gasteiger partial charge in [0.05, 0.1) is 23.4 Å². The Morgan fingerprint density at radius 1 is 1.43 bits per heavy atom. The lowest BCUT2D eigenvalue weighted by Gasteiger charge is -2.29. The molecule has 2 N–H and O–H groups in total. The molecule has 0 amide bonds. The smallest absolute Gasteiger partial charge is 0.336 e. The topological polar surface area (TPSA) is 88.5 Å². The summed E-state index contributed by atoms with van der Waals surface area (Å²) in [6, 6.07) is 8.04. The van der Waals surface area contributed by atoms with Crippen LogP contribution in [0, 0.1) is 23.1 Å². The summed E-state index contributed by atoms with van der Waals surface area (Å²) >= 11 is 0. The van der Waals surface area contributed by atoms with Crippen LogP contribution in [0.4, 0.5) is 4.39 Å². The maximum atomic E-state index is 14.3. The van der Waals surface area contributed by atoms with Gasteiger partial charge >= 0.3 is 5.97 Å². The quantitative estimate of drug-likeness (QED) is 0.868. The summed E-state index contributed by atoms with van der Waals surface area (Å²) in [5, 5.41) is 9.44. The largest absolute Gasteiger partial charge is 0.460 e. The average molecular weight is 315 g/mol. The Hall–Kier alpha value is -2.68. The van der Waals surface area contributed by atoms with Crippen LogP contribution in [0.15, 0.2) is 40.5 Å². The van der Waals surface area contributed by atoms with Gasteiger partial charge in [0.2, 0.25) is 0 Å². The minimum Gasteiger partial charge on any atom is -0.460 e. The van der Waals surface area contributed by atoms with E-state index in [9.17, 15) is 14.4 Å². The van der Waals surface area contributed by atoms with Gasteiger partial charge in [-0.3, -0.25) is 0 Å². The summed E-state index contributed by atoms with van der Waals surface area (Å²) in [6.07, 6.45) is -0.340. The summed E-state index contributed by atoms with van der Waals surface area (Å²) in [5.41, 5.74) is 6.58. The first-order chi connectivity index (χ1) is 10.9. The zero-order chi connectivity index (χ0) is 17.1. The van der Waals surface area contributed by atoms with Crippen LogP contribution in [0.1, 0.15) is 32.3 Å². The van der Waals surface area contributed by atoms with Crippen molar-refractivity contribution in [1.29, 1.82) is 5.26 Å². The van der Waals surface area contributed by atoms with Gasteiger partial charge < -0.3 is 10.5 Å². The van der Waals surface area contributed by atoms with E-state index in [4.69, 9.17) is 10.5 Å². The molecule has 5 nitrogen and oxygen atoms in total. The van der Waals surface area contributed by atoms with Crippen molar-refractivity contribution < 1.29 is 13.9 Å². The molecule has 0 aromatic heterocycles. The molecule has 1 aromatic carbocycles. The molecule has 0 saturated carbocycles. The SMILES string of the molecule is CC1=C(C(=O)OC(C)C)C(c2ccccc2F)C(C#N)C(N)=N1. The number of carbonyl (C=O) groups is 1. The molecular formula is C17H18FN3O2. The van der Waals surface area contributed by atoms with Crippen LogP contribution >= 0.6 is 0 Å². The lowest BCUT2D eigenvalue weighted by molar-refractivity contribution is -0.143. The predicted molar refractivity (Wildman–Crippen MR) is 83.8 cm³/mol. The van der Waals surface area contributed by atoms with Gasteiger partial charge in [0.15, 0.2) is 0 Å². The number of carbonyl (C=O) groups excluding carboxylic acids is 1. The molecule has 0 bridgehead atoms. The van der Waals surface area contributed by atoms with E-state index in [0.29, 0.717) is 5.70 Å². The third-order valence-electron chi connectivity index (χ3n) is 3.59. The molecule has 2 unspecified atom stereocenters. The highest BCUT2D eigenvalue weighted by atomic mass is 19.1. The number of hydrogen-bond donors (Lipinski definition) is 1. The van der Waals surface area contributed by atoms with Crippen molar-refractivity contribution >= 4 is 11.8 Å². The van der Waals surface area contributed by atoms with Gasteiger partial charge in [-0.05, 0) is 32.4 Å². The van der Waals surface area contributed by atoms with Crippen LogP contribution in [0.2, 0.25) is 0 Å². The third-order valence-corrected chi connectivity index (χ3v) is 3.59. The second-order valence-corrected chi connectivity index (χ2v) is 5.60. The summed E-state index contributed by atoms with van der Waals surface area (Å²) in [4.78, 5) is 16.5. The first kappa shape index (κ1) is 16.7. The van der Waals surface area contributed by atoms with Crippen molar-refractivity contribution in [3.8, 4) is 6.07 Å². The fraction of sp³-hybridized carbons (Fsp3) is 0.353. The third kappa shape index (κ3) is 3.24. The van der Waals surface area contributed by atoms with Crippen molar-refractivity contribution in [2.24, 2.45) is 16.6 Å². The summed E-state index contributed by atoms with van der Waals surface area (Å²) in [5.74, 6) is -2.81. The molecule has 6 heteroatoms. The Morgan fingerprint density at radius 2 is 2.09 bits per heavy atom. The number of nitrogens with two attached hydrogens (primary N) is 1. The summed E-state index contributed by atoms with van der Waals surface area (Å²) < 4.78 is 19.5. The molecule has 120 valence electrons. The molecular weight excluding hydrogens is 297 g/mol. The molecule has 0 aliphatic carbocycles. The standard InChI is InChI=1S/C17H18FN3O2/c1-9(2)23-17(22)14-10(3)21-16(20)12(8-19)15(14)11-6-4-5-7-13(11)18/h4-7,9,12,15H,1-3H3,(H2,20,21). The zero-order valence-electron chi connectivity index (χ0n) is 13.2. The highest BCUT2D eigenvalue weighted by Crippen LogP contribution is 2.39. The van der Waals surface area contributed by atoms with E-state index in [1.807, 2.05) is 6.07 Å². The first-order valence-electron chi connectivity index (χ1n) is 7.26. The highest BCUT2D eigenvalue weighted by molar-refractivity contribution is 5.98. The number of nitrogens with zero attached hydrogens (tertiary/aromatic N) is 2. The van der Waals surface area contributed by atoms with Gasteiger partial charge in [0, 0.05) is 5.92 Å². The number of hydrogen-bond acceptors (Lipinski definition) is 5. The number of rotatable bonds is 3. The molecule has 1 aliphatic heterocycles. The van der Waals surface area contributed by atoms with E-state index < -0.39 is 23.6 Å². The average Bonchev–Trinajstić information content (AvgIpc) is 2.46. The van der Waals surface area contributed by atoms with E-state index in [0.717, 1.165) is 0 Å².